The molecule has 0 atom stereocenters. The van der Waals surface area contributed by atoms with Crippen molar-refractivity contribution in [2.45, 2.75) is 6.61 Å². The molecule has 2 aromatic rings. The van der Waals surface area contributed by atoms with Crippen molar-refractivity contribution in [2.24, 2.45) is 0 Å². The number of hydrogen-bond donors (Lipinski definition) is 0. The Morgan fingerprint density at radius 3 is 2.82 bits per heavy atom. The highest BCUT2D eigenvalue weighted by atomic mass is 19.1. The maximum atomic E-state index is 12.9. The van der Waals surface area contributed by atoms with Crippen LogP contribution in [0.1, 0.15) is 11.1 Å². The lowest BCUT2D eigenvalue weighted by Crippen LogP contribution is -1.97. The zero-order chi connectivity index (χ0) is 12.1. The van der Waals surface area contributed by atoms with Crippen LogP contribution in [0.3, 0.4) is 0 Å². The van der Waals surface area contributed by atoms with E-state index < -0.39 is 0 Å². The van der Waals surface area contributed by atoms with Gasteiger partial charge in [0.05, 0.1) is 5.56 Å². The smallest absolute Gasteiger partial charge is 0.213 e. The summed E-state index contributed by atoms with van der Waals surface area (Å²) in [5.41, 5.74) is 1.21. The number of nitrogens with zero attached hydrogens (tertiary/aromatic N) is 2. The summed E-state index contributed by atoms with van der Waals surface area (Å²) in [7, 11) is 0. The molecule has 0 saturated carbocycles. The molecule has 2 rings (SSSR count). The Bertz CT molecular complexity index is 546. The van der Waals surface area contributed by atoms with E-state index in [2.05, 4.69) is 4.98 Å². The summed E-state index contributed by atoms with van der Waals surface area (Å²) < 4.78 is 18.2. The number of rotatable bonds is 3. The van der Waals surface area contributed by atoms with Crippen molar-refractivity contribution in [3.63, 3.8) is 0 Å². The Morgan fingerprint density at radius 1 is 1.29 bits per heavy atom. The molecule has 84 valence electrons. The first kappa shape index (κ1) is 11.1. The predicted molar refractivity (Wildman–Crippen MR) is 59.7 cm³/mol. The van der Waals surface area contributed by atoms with E-state index in [-0.39, 0.29) is 12.4 Å². The van der Waals surface area contributed by atoms with Crippen molar-refractivity contribution in [2.75, 3.05) is 0 Å². The number of nitriles is 1. The van der Waals surface area contributed by atoms with Gasteiger partial charge < -0.3 is 4.74 Å². The van der Waals surface area contributed by atoms with Crippen LogP contribution in [0.25, 0.3) is 0 Å². The van der Waals surface area contributed by atoms with Gasteiger partial charge in [0.1, 0.15) is 18.5 Å². The van der Waals surface area contributed by atoms with Crippen LogP contribution in [0.5, 0.6) is 5.88 Å². The highest BCUT2D eigenvalue weighted by molar-refractivity contribution is 5.28. The maximum absolute atomic E-state index is 12.9. The van der Waals surface area contributed by atoms with Crippen molar-refractivity contribution in [3.05, 3.63) is 59.5 Å². The number of pyridine rings is 1. The molecule has 3 nitrogen and oxygen atoms in total. The standard InChI is InChI=1S/C13H9FN2O/c14-12-3-1-2-10(6-12)9-17-13-5-4-11(7-15)8-16-13/h1-6,8H,9H2. The molecular weight excluding hydrogens is 219 g/mol. The summed E-state index contributed by atoms with van der Waals surface area (Å²) in [5.74, 6) is 0.118. The number of benzene rings is 1. The third kappa shape index (κ3) is 3.02. The van der Waals surface area contributed by atoms with Gasteiger partial charge in [-0.05, 0) is 23.8 Å². The van der Waals surface area contributed by atoms with Crippen LogP contribution >= 0.6 is 0 Å². The van der Waals surface area contributed by atoms with Crippen LogP contribution in [0.4, 0.5) is 4.39 Å². The number of ether oxygens (including phenoxy) is 1. The molecule has 0 saturated heterocycles. The van der Waals surface area contributed by atoms with Crippen molar-refractivity contribution >= 4 is 0 Å². The summed E-state index contributed by atoms with van der Waals surface area (Å²) in [4.78, 5) is 3.95. The molecule has 0 aliphatic rings. The highest BCUT2D eigenvalue weighted by Crippen LogP contribution is 2.10. The minimum Gasteiger partial charge on any atom is -0.473 e. The fraction of sp³-hybridized carbons (Fsp3) is 0.0769. The van der Waals surface area contributed by atoms with E-state index in [1.807, 2.05) is 6.07 Å². The lowest BCUT2D eigenvalue weighted by Gasteiger charge is -2.04. The van der Waals surface area contributed by atoms with E-state index >= 15 is 0 Å². The van der Waals surface area contributed by atoms with Gasteiger partial charge in [0.2, 0.25) is 5.88 Å². The second-order valence-corrected chi connectivity index (χ2v) is 3.42. The fourth-order valence-electron chi connectivity index (χ4n) is 1.32. The molecule has 0 N–H and O–H groups in total. The van der Waals surface area contributed by atoms with Gasteiger partial charge in [0, 0.05) is 12.3 Å². The summed E-state index contributed by atoms with van der Waals surface area (Å²) in [6.45, 7) is 0.247. The molecule has 0 unspecified atom stereocenters. The highest BCUT2D eigenvalue weighted by Gasteiger charge is 1.99. The number of halogens is 1. The van der Waals surface area contributed by atoms with Crippen LogP contribution in [0.15, 0.2) is 42.6 Å². The Balaban J connectivity index is 2.00. The molecule has 1 aromatic heterocycles. The van der Waals surface area contributed by atoms with E-state index in [9.17, 15) is 4.39 Å². The van der Waals surface area contributed by atoms with E-state index in [0.717, 1.165) is 5.56 Å². The Kier molecular flexibility index (Phi) is 3.31. The lowest BCUT2D eigenvalue weighted by molar-refractivity contribution is 0.293. The number of hydrogen-bond acceptors (Lipinski definition) is 3. The maximum Gasteiger partial charge on any atom is 0.213 e. The van der Waals surface area contributed by atoms with Gasteiger partial charge in [-0.3, -0.25) is 0 Å². The van der Waals surface area contributed by atoms with Gasteiger partial charge in [-0.25, -0.2) is 9.37 Å². The molecule has 1 aromatic carbocycles. The second kappa shape index (κ2) is 5.08. The molecule has 1 heterocycles. The lowest BCUT2D eigenvalue weighted by atomic mass is 10.2. The first-order valence-electron chi connectivity index (χ1n) is 5.01. The zero-order valence-electron chi connectivity index (χ0n) is 8.93. The minimum absolute atomic E-state index is 0.247. The molecule has 4 heteroatoms. The summed E-state index contributed by atoms with van der Waals surface area (Å²) in [6.07, 6.45) is 1.43. The molecular formula is C13H9FN2O. The molecule has 0 bridgehead atoms. The molecule has 0 amide bonds. The molecule has 0 fully saturated rings. The normalized spacial score (nSPS) is 9.65. The summed E-state index contributed by atoms with van der Waals surface area (Å²) in [5, 5.41) is 8.59. The Morgan fingerprint density at radius 2 is 2.18 bits per heavy atom. The van der Waals surface area contributed by atoms with Crippen molar-refractivity contribution in [1.29, 1.82) is 5.26 Å². The van der Waals surface area contributed by atoms with Gasteiger partial charge >= 0.3 is 0 Å². The van der Waals surface area contributed by atoms with Crippen LogP contribution in [-0.4, -0.2) is 4.98 Å². The molecule has 0 radical (unpaired) electrons. The van der Waals surface area contributed by atoms with E-state index in [1.165, 1.54) is 18.3 Å². The third-order valence-corrected chi connectivity index (χ3v) is 2.14. The van der Waals surface area contributed by atoms with Crippen molar-refractivity contribution in [3.8, 4) is 11.9 Å². The summed E-state index contributed by atoms with van der Waals surface area (Å²) in [6, 6.07) is 11.4. The van der Waals surface area contributed by atoms with E-state index in [4.69, 9.17) is 10.00 Å². The zero-order valence-corrected chi connectivity index (χ0v) is 8.93. The van der Waals surface area contributed by atoms with Crippen LogP contribution in [0.2, 0.25) is 0 Å². The number of aromatic nitrogens is 1. The average molecular weight is 228 g/mol. The first-order valence-corrected chi connectivity index (χ1v) is 5.01. The Hall–Kier alpha value is -2.41. The Labute approximate surface area is 98.1 Å². The van der Waals surface area contributed by atoms with Gasteiger partial charge in [0.25, 0.3) is 0 Å². The minimum atomic E-state index is -0.293. The van der Waals surface area contributed by atoms with Gasteiger partial charge in [-0.15, -0.1) is 0 Å². The average Bonchev–Trinajstić information content (AvgIpc) is 2.37. The van der Waals surface area contributed by atoms with Crippen LogP contribution < -0.4 is 4.74 Å². The topological polar surface area (TPSA) is 45.9 Å². The van der Waals surface area contributed by atoms with Crippen molar-refractivity contribution < 1.29 is 9.13 Å². The molecule has 17 heavy (non-hydrogen) atoms. The summed E-state index contributed by atoms with van der Waals surface area (Å²) >= 11 is 0. The molecule has 0 aliphatic heterocycles. The second-order valence-electron chi connectivity index (χ2n) is 3.42. The quantitative estimate of drug-likeness (QED) is 0.811. The van der Waals surface area contributed by atoms with Crippen LogP contribution in [0, 0.1) is 17.1 Å². The van der Waals surface area contributed by atoms with E-state index in [1.54, 1.807) is 24.3 Å². The van der Waals surface area contributed by atoms with Gasteiger partial charge in [-0.2, -0.15) is 5.26 Å². The van der Waals surface area contributed by atoms with Gasteiger partial charge in [0.15, 0.2) is 0 Å². The largest absolute Gasteiger partial charge is 0.473 e. The molecule has 0 spiro atoms. The third-order valence-electron chi connectivity index (χ3n) is 2.14. The van der Waals surface area contributed by atoms with Crippen LogP contribution in [-0.2, 0) is 6.61 Å². The van der Waals surface area contributed by atoms with E-state index in [0.29, 0.717) is 11.4 Å². The monoisotopic (exact) mass is 228 g/mol. The van der Waals surface area contributed by atoms with Crippen molar-refractivity contribution in [1.82, 2.24) is 4.98 Å². The predicted octanol–water partition coefficient (Wildman–Crippen LogP) is 2.67. The molecule has 0 aliphatic carbocycles. The van der Waals surface area contributed by atoms with Gasteiger partial charge in [-0.1, -0.05) is 12.1 Å². The first-order chi connectivity index (χ1) is 8.28. The SMILES string of the molecule is N#Cc1ccc(OCc2cccc(F)c2)nc1. The fourth-order valence-corrected chi connectivity index (χ4v) is 1.32.